The maximum atomic E-state index is 6.35. The van der Waals surface area contributed by atoms with E-state index < -0.39 is 0 Å². The number of halogens is 2. The molecule has 0 aliphatic rings. The smallest absolute Gasteiger partial charge is 0.0817 e. The van der Waals surface area contributed by atoms with Crippen LogP contribution in [0.3, 0.4) is 0 Å². The first-order valence-corrected chi connectivity index (χ1v) is 6.52. The molecule has 0 bridgehead atoms. The number of hydrogen-bond donors (Lipinski definition) is 0. The fourth-order valence-corrected chi connectivity index (χ4v) is 1.95. The van der Waals surface area contributed by atoms with Crippen LogP contribution in [-0.2, 0) is 13.0 Å². The van der Waals surface area contributed by atoms with Gasteiger partial charge in [0.15, 0.2) is 0 Å². The van der Waals surface area contributed by atoms with Gasteiger partial charge in [0.05, 0.1) is 16.9 Å². The molecule has 0 saturated heterocycles. The molecule has 4 heteroatoms. The van der Waals surface area contributed by atoms with Crippen LogP contribution in [0.2, 0.25) is 5.02 Å². The molecule has 16 heavy (non-hydrogen) atoms. The Labute approximate surface area is 108 Å². The van der Waals surface area contributed by atoms with E-state index >= 15 is 0 Å². The number of aryl methyl sites for hydroxylation is 1. The molecule has 92 valence electrons. The number of rotatable bonds is 4. The van der Waals surface area contributed by atoms with Gasteiger partial charge in [0.1, 0.15) is 0 Å². The second kappa shape index (κ2) is 5.42. The van der Waals surface area contributed by atoms with E-state index in [2.05, 4.69) is 32.8 Å². The van der Waals surface area contributed by atoms with E-state index in [0.29, 0.717) is 0 Å². The van der Waals surface area contributed by atoms with Crippen molar-refractivity contribution in [2.45, 2.75) is 52.5 Å². The van der Waals surface area contributed by atoms with Crippen LogP contribution in [-0.4, -0.2) is 15.2 Å². The number of alkyl halides is 1. The summed E-state index contributed by atoms with van der Waals surface area (Å²) in [5, 5.41) is 5.12. The number of hydrogen-bond acceptors (Lipinski definition) is 1. The number of nitrogens with zero attached hydrogens (tertiary/aromatic N) is 2. The number of aromatic nitrogens is 2. The minimum absolute atomic E-state index is 0.130. The lowest BCUT2D eigenvalue weighted by molar-refractivity contribution is 0.371. The molecular weight excluding hydrogens is 243 g/mol. The quantitative estimate of drug-likeness (QED) is 0.746. The highest BCUT2D eigenvalue weighted by molar-refractivity contribution is 6.31. The van der Waals surface area contributed by atoms with E-state index in [1.54, 1.807) is 6.20 Å². The lowest BCUT2D eigenvalue weighted by Gasteiger charge is -2.25. The van der Waals surface area contributed by atoms with Crippen molar-refractivity contribution < 1.29 is 0 Å². The predicted octanol–water partition coefficient (Wildman–Crippen LogP) is 4.14. The molecule has 1 unspecified atom stereocenters. The molecule has 1 heterocycles. The molecule has 1 aromatic heterocycles. The van der Waals surface area contributed by atoms with Gasteiger partial charge in [-0.2, -0.15) is 5.10 Å². The summed E-state index contributed by atoms with van der Waals surface area (Å²) in [6.07, 6.45) is 3.52. The molecule has 0 aromatic carbocycles. The highest BCUT2D eigenvalue weighted by Crippen LogP contribution is 2.29. The van der Waals surface area contributed by atoms with E-state index in [1.165, 1.54) is 0 Å². The van der Waals surface area contributed by atoms with Gasteiger partial charge < -0.3 is 0 Å². The third-order valence-electron chi connectivity index (χ3n) is 2.77. The second-order valence-corrected chi connectivity index (χ2v) is 6.06. The van der Waals surface area contributed by atoms with Crippen molar-refractivity contribution in [2.24, 2.45) is 5.41 Å². The van der Waals surface area contributed by atoms with Crippen LogP contribution in [0.4, 0.5) is 0 Å². The highest BCUT2D eigenvalue weighted by atomic mass is 35.5. The van der Waals surface area contributed by atoms with Crippen molar-refractivity contribution in [3.05, 3.63) is 16.9 Å². The fourth-order valence-electron chi connectivity index (χ4n) is 1.61. The Morgan fingerprint density at radius 1 is 1.44 bits per heavy atom. The molecule has 1 rings (SSSR count). The third kappa shape index (κ3) is 3.39. The molecular formula is C12H20Cl2N2. The topological polar surface area (TPSA) is 17.8 Å². The molecule has 1 aromatic rings. The molecule has 0 saturated carbocycles. The van der Waals surface area contributed by atoms with E-state index in [-0.39, 0.29) is 10.8 Å². The summed E-state index contributed by atoms with van der Waals surface area (Å²) in [4.78, 5) is 0. The average molecular weight is 263 g/mol. The molecule has 0 fully saturated rings. The fraction of sp³-hybridized carbons (Fsp3) is 0.750. The summed E-state index contributed by atoms with van der Waals surface area (Å²) in [6.45, 7) is 9.38. The Kier molecular flexibility index (Phi) is 4.69. The Bertz CT molecular complexity index is 339. The molecule has 0 amide bonds. The Morgan fingerprint density at radius 3 is 2.56 bits per heavy atom. The molecule has 0 radical (unpaired) electrons. The molecule has 1 atom stereocenters. The Morgan fingerprint density at radius 2 is 2.06 bits per heavy atom. The summed E-state index contributed by atoms with van der Waals surface area (Å²) >= 11 is 12.4. The van der Waals surface area contributed by atoms with Gasteiger partial charge in [-0.1, -0.05) is 32.4 Å². The summed E-state index contributed by atoms with van der Waals surface area (Å²) < 4.78 is 1.94. The van der Waals surface area contributed by atoms with Crippen molar-refractivity contribution in [1.29, 1.82) is 0 Å². The van der Waals surface area contributed by atoms with Crippen LogP contribution in [0.25, 0.3) is 0 Å². The molecule has 0 aliphatic heterocycles. The highest BCUT2D eigenvalue weighted by Gasteiger charge is 2.22. The largest absolute Gasteiger partial charge is 0.268 e. The first-order chi connectivity index (χ1) is 7.36. The lowest BCUT2D eigenvalue weighted by atomic mass is 9.89. The average Bonchev–Trinajstić information content (AvgIpc) is 2.54. The molecule has 0 aliphatic carbocycles. The van der Waals surface area contributed by atoms with E-state index in [9.17, 15) is 0 Å². The van der Waals surface area contributed by atoms with E-state index in [4.69, 9.17) is 23.2 Å². The standard InChI is InChI=1S/C12H20Cl2N2/c1-5-16-10(9(13)8-15-16)6-7-11(14)12(2,3)4/h8,11H,5-7H2,1-4H3. The van der Waals surface area contributed by atoms with Crippen LogP contribution < -0.4 is 0 Å². The Balaban J connectivity index is 2.64. The van der Waals surface area contributed by atoms with E-state index in [0.717, 1.165) is 30.1 Å². The van der Waals surface area contributed by atoms with Gasteiger partial charge in [0.25, 0.3) is 0 Å². The third-order valence-corrected chi connectivity index (χ3v) is 3.96. The van der Waals surface area contributed by atoms with Crippen LogP contribution in [0.15, 0.2) is 6.20 Å². The summed E-state index contributed by atoms with van der Waals surface area (Å²) in [7, 11) is 0. The van der Waals surface area contributed by atoms with Gasteiger partial charge in [-0.15, -0.1) is 11.6 Å². The van der Waals surface area contributed by atoms with Gasteiger partial charge in [-0.05, 0) is 25.2 Å². The summed E-state index contributed by atoms with van der Waals surface area (Å²) in [5.74, 6) is 0. The zero-order valence-corrected chi connectivity index (χ0v) is 11.9. The van der Waals surface area contributed by atoms with Crippen molar-refractivity contribution in [2.75, 3.05) is 0 Å². The van der Waals surface area contributed by atoms with Crippen molar-refractivity contribution >= 4 is 23.2 Å². The van der Waals surface area contributed by atoms with Crippen molar-refractivity contribution in [3.8, 4) is 0 Å². The molecule has 2 nitrogen and oxygen atoms in total. The zero-order chi connectivity index (χ0) is 12.3. The lowest BCUT2D eigenvalue weighted by Crippen LogP contribution is -2.21. The van der Waals surface area contributed by atoms with Gasteiger partial charge in [0, 0.05) is 11.9 Å². The summed E-state index contributed by atoms with van der Waals surface area (Å²) in [5.41, 5.74) is 1.23. The predicted molar refractivity (Wildman–Crippen MR) is 70.3 cm³/mol. The first-order valence-electron chi connectivity index (χ1n) is 5.70. The minimum Gasteiger partial charge on any atom is -0.268 e. The maximum absolute atomic E-state index is 6.35. The minimum atomic E-state index is 0.130. The van der Waals surface area contributed by atoms with Crippen molar-refractivity contribution in [1.82, 2.24) is 9.78 Å². The van der Waals surface area contributed by atoms with Crippen LogP contribution in [0.1, 0.15) is 39.8 Å². The van der Waals surface area contributed by atoms with Crippen molar-refractivity contribution in [3.63, 3.8) is 0 Å². The van der Waals surface area contributed by atoms with Gasteiger partial charge in [0.2, 0.25) is 0 Å². The first kappa shape index (κ1) is 13.9. The van der Waals surface area contributed by atoms with Gasteiger partial charge in [-0.25, -0.2) is 0 Å². The molecule has 0 N–H and O–H groups in total. The van der Waals surface area contributed by atoms with Gasteiger partial charge >= 0.3 is 0 Å². The maximum Gasteiger partial charge on any atom is 0.0817 e. The Hall–Kier alpha value is -0.210. The van der Waals surface area contributed by atoms with E-state index in [1.807, 2.05) is 4.68 Å². The van der Waals surface area contributed by atoms with Crippen LogP contribution in [0, 0.1) is 5.41 Å². The zero-order valence-electron chi connectivity index (χ0n) is 10.4. The monoisotopic (exact) mass is 262 g/mol. The van der Waals surface area contributed by atoms with Gasteiger partial charge in [-0.3, -0.25) is 4.68 Å². The molecule has 0 spiro atoms. The van der Waals surface area contributed by atoms with Crippen LogP contribution >= 0.6 is 23.2 Å². The normalized spacial score (nSPS) is 14.1. The van der Waals surface area contributed by atoms with Crippen LogP contribution in [0.5, 0.6) is 0 Å². The second-order valence-electron chi connectivity index (χ2n) is 5.13. The summed E-state index contributed by atoms with van der Waals surface area (Å²) in [6, 6.07) is 0. The SMILES string of the molecule is CCn1ncc(Cl)c1CCC(Cl)C(C)(C)C.